The molecular weight excluding hydrogens is 248 g/mol. The van der Waals surface area contributed by atoms with Crippen LogP contribution in [0.25, 0.3) is 0 Å². The van der Waals surface area contributed by atoms with Crippen LogP contribution in [0, 0.1) is 0 Å². The predicted octanol–water partition coefficient (Wildman–Crippen LogP) is 1.46. The lowest BCUT2D eigenvalue weighted by Crippen LogP contribution is -2.38. The summed E-state index contributed by atoms with van der Waals surface area (Å²) in [6.07, 6.45) is 9.41. The third kappa shape index (κ3) is 3.35. The van der Waals surface area contributed by atoms with Crippen molar-refractivity contribution in [2.75, 3.05) is 12.0 Å². The number of nitrogen functional groups attached to an aromatic ring is 1. The summed E-state index contributed by atoms with van der Waals surface area (Å²) in [6.45, 7) is 0. The summed E-state index contributed by atoms with van der Waals surface area (Å²) in [5.74, 6) is 0.0937. The van der Waals surface area contributed by atoms with E-state index in [2.05, 4.69) is 21.5 Å². The van der Waals surface area contributed by atoms with Crippen LogP contribution in [0.15, 0.2) is 12.4 Å². The minimum absolute atomic E-state index is 0.178. The Hall–Kier alpha value is -1.30. The van der Waals surface area contributed by atoms with E-state index in [0.717, 1.165) is 30.9 Å². The fourth-order valence-electron chi connectivity index (χ4n) is 2.19. The fraction of sp³-hybridized carbons (Fsp3) is 0.583. The highest BCUT2D eigenvalue weighted by Gasteiger charge is 2.22. The van der Waals surface area contributed by atoms with Gasteiger partial charge >= 0.3 is 0 Å². The van der Waals surface area contributed by atoms with Crippen LogP contribution >= 0.6 is 11.8 Å². The standard InChI is InChI=1S/C12H18N4OS/c1-18-9-4-2-8(3-5-9)15-12(17)10-6-14-7-11(13)16-10/h6-9H,2-5H2,1H3,(H2,13,16)(H,15,17). The normalized spacial score (nSPS) is 23.6. The molecule has 1 aliphatic rings. The van der Waals surface area contributed by atoms with Gasteiger partial charge in [0.2, 0.25) is 0 Å². The van der Waals surface area contributed by atoms with Gasteiger partial charge in [-0.05, 0) is 31.9 Å². The van der Waals surface area contributed by atoms with Gasteiger partial charge in [0.15, 0.2) is 0 Å². The highest BCUT2D eigenvalue weighted by atomic mass is 32.2. The van der Waals surface area contributed by atoms with E-state index in [1.54, 1.807) is 0 Å². The molecular formula is C12H18N4OS. The molecule has 2 rings (SSSR count). The van der Waals surface area contributed by atoms with Gasteiger partial charge in [-0.15, -0.1) is 0 Å². The Morgan fingerprint density at radius 3 is 2.72 bits per heavy atom. The van der Waals surface area contributed by atoms with Crippen LogP contribution in [-0.2, 0) is 0 Å². The molecule has 6 heteroatoms. The maximum absolute atomic E-state index is 11.9. The first-order valence-corrected chi connectivity index (χ1v) is 7.39. The quantitative estimate of drug-likeness (QED) is 0.865. The van der Waals surface area contributed by atoms with Gasteiger partial charge in [-0.2, -0.15) is 11.8 Å². The molecule has 5 nitrogen and oxygen atoms in total. The molecule has 1 aliphatic carbocycles. The highest BCUT2D eigenvalue weighted by Crippen LogP contribution is 2.26. The van der Waals surface area contributed by atoms with Gasteiger partial charge in [0.25, 0.3) is 5.91 Å². The third-order valence-corrected chi connectivity index (χ3v) is 4.37. The number of nitrogens with one attached hydrogen (secondary N) is 1. The van der Waals surface area contributed by atoms with E-state index in [1.807, 2.05) is 11.8 Å². The van der Waals surface area contributed by atoms with Crippen LogP contribution in [0.4, 0.5) is 5.82 Å². The van der Waals surface area contributed by atoms with Crippen molar-refractivity contribution in [1.29, 1.82) is 0 Å². The van der Waals surface area contributed by atoms with E-state index in [4.69, 9.17) is 5.73 Å². The summed E-state index contributed by atoms with van der Waals surface area (Å²) in [5, 5.41) is 3.74. The third-order valence-electron chi connectivity index (χ3n) is 3.23. The number of aromatic nitrogens is 2. The number of nitrogens with zero attached hydrogens (tertiary/aromatic N) is 2. The number of hydrogen-bond donors (Lipinski definition) is 2. The van der Waals surface area contributed by atoms with Gasteiger partial charge in [-0.25, -0.2) is 4.98 Å². The van der Waals surface area contributed by atoms with Crippen LogP contribution in [0.2, 0.25) is 0 Å². The van der Waals surface area contributed by atoms with Gasteiger partial charge in [0.1, 0.15) is 11.5 Å². The van der Waals surface area contributed by atoms with Crippen molar-refractivity contribution in [1.82, 2.24) is 15.3 Å². The lowest BCUT2D eigenvalue weighted by molar-refractivity contribution is 0.0923. The lowest BCUT2D eigenvalue weighted by atomic mass is 9.95. The number of carbonyl (C=O) groups is 1. The Labute approximate surface area is 111 Å². The molecule has 1 aromatic rings. The molecule has 3 N–H and O–H groups in total. The zero-order valence-corrected chi connectivity index (χ0v) is 11.2. The molecule has 1 heterocycles. The molecule has 98 valence electrons. The molecule has 0 bridgehead atoms. The van der Waals surface area contributed by atoms with Crippen molar-refractivity contribution in [3.63, 3.8) is 0 Å². The molecule has 0 spiro atoms. The maximum atomic E-state index is 11.9. The monoisotopic (exact) mass is 266 g/mol. The Kier molecular flexibility index (Phi) is 4.41. The zero-order chi connectivity index (χ0) is 13.0. The Balaban J connectivity index is 1.89. The van der Waals surface area contributed by atoms with E-state index in [1.165, 1.54) is 12.4 Å². The van der Waals surface area contributed by atoms with Crippen LogP contribution in [-0.4, -0.2) is 33.4 Å². The van der Waals surface area contributed by atoms with Gasteiger partial charge in [-0.3, -0.25) is 9.78 Å². The molecule has 18 heavy (non-hydrogen) atoms. The smallest absolute Gasteiger partial charge is 0.271 e. The summed E-state index contributed by atoms with van der Waals surface area (Å²) < 4.78 is 0. The minimum Gasteiger partial charge on any atom is -0.382 e. The van der Waals surface area contributed by atoms with E-state index < -0.39 is 0 Å². The molecule has 1 saturated carbocycles. The van der Waals surface area contributed by atoms with Crippen molar-refractivity contribution in [3.05, 3.63) is 18.1 Å². The van der Waals surface area contributed by atoms with E-state index in [9.17, 15) is 4.79 Å². The number of carbonyl (C=O) groups excluding carboxylic acids is 1. The van der Waals surface area contributed by atoms with Crippen LogP contribution < -0.4 is 11.1 Å². The molecule has 0 aromatic carbocycles. The summed E-state index contributed by atoms with van der Waals surface area (Å²) in [7, 11) is 0. The van der Waals surface area contributed by atoms with Crippen molar-refractivity contribution >= 4 is 23.5 Å². The van der Waals surface area contributed by atoms with Crippen LogP contribution in [0.3, 0.4) is 0 Å². The summed E-state index contributed by atoms with van der Waals surface area (Å²) in [4.78, 5) is 19.8. The molecule has 0 saturated heterocycles. The van der Waals surface area contributed by atoms with E-state index in [0.29, 0.717) is 5.69 Å². The van der Waals surface area contributed by atoms with Gasteiger partial charge in [-0.1, -0.05) is 0 Å². The molecule has 0 radical (unpaired) electrons. The summed E-state index contributed by atoms with van der Waals surface area (Å²) in [5.41, 5.74) is 5.80. The molecule has 0 unspecified atom stereocenters. The second-order valence-electron chi connectivity index (χ2n) is 4.51. The van der Waals surface area contributed by atoms with Crippen molar-refractivity contribution < 1.29 is 4.79 Å². The lowest BCUT2D eigenvalue weighted by Gasteiger charge is -2.27. The van der Waals surface area contributed by atoms with E-state index >= 15 is 0 Å². The first-order valence-electron chi connectivity index (χ1n) is 6.10. The topological polar surface area (TPSA) is 80.9 Å². The number of hydrogen-bond acceptors (Lipinski definition) is 5. The zero-order valence-electron chi connectivity index (χ0n) is 10.4. The van der Waals surface area contributed by atoms with Crippen LogP contribution in [0.1, 0.15) is 36.2 Å². The Bertz CT molecular complexity index is 418. The predicted molar refractivity (Wildman–Crippen MR) is 73.5 cm³/mol. The van der Waals surface area contributed by atoms with Crippen LogP contribution in [0.5, 0.6) is 0 Å². The molecule has 1 amide bonds. The van der Waals surface area contributed by atoms with Gasteiger partial charge < -0.3 is 11.1 Å². The largest absolute Gasteiger partial charge is 0.382 e. The second-order valence-corrected chi connectivity index (χ2v) is 5.65. The molecule has 0 atom stereocenters. The number of anilines is 1. The van der Waals surface area contributed by atoms with Crippen molar-refractivity contribution in [2.45, 2.75) is 37.0 Å². The summed E-state index contributed by atoms with van der Waals surface area (Å²) >= 11 is 1.91. The first-order chi connectivity index (χ1) is 8.69. The summed E-state index contributed by atoms with van der Waals surface area (Å²) in [6, 6.07) is 0.254. The average Bonchev–Trinajstić information content (AvgIpc) is 2.39. The minimum atomic E-state index is -0.178. The first kappa shape index (κ1) is 13.1. The number of amides is 1. The second kappa shape index (κ2) is 6.04. The SMILES string of the molecule is CSC1CCC(NC(=O)c2cncc(N)n2)CC1. The average molecular weight is 266 g/mol. The molecule has 1 aromatic heterocycles. The van der Waals surface area contributed by atoms with Gasteiger partial charge in [0.05, 0.1) is 12.4 Å². The highest BCUT2D eigenvalue weighted by molar-refractivity contribution is 7.99. The maximum Gasteiger partial charge on any atom is 0.271 e. The molecule has 1 fully saturated rings. The fourth-order valence-corrected chi connectivity index (χ4v) is 2.94. The van der Waals surface area contributed by atoms with Crippen molar-refractivity contribution in [2.24, 2.45) is 0 Å². The molecule has 0 aliphatic heterocycles. The number of nitrogens with two attached hydrogens (primary N) is 1. The Morgan fingerprint density at radius 2 is 2.11 bits per heavy atom. The number of rotatable bonds is 3. The number of thioether (sulfide) groups is 1. The van der Waals surface area contributed by atoms with Gasteiger partial charge in [0, 0.05) is 11.3 Å². The Morgan fingerprint density at radius 1 is 1.39 bits per heavy atom. The van der Waals surface area contributed by atoms with E-state index in [-0.39, 0.29) is 17.8 Å². The van der Waals surface area contributed by atoms with Crippen molar-refractivity contribution in [3.8, 4) is 0 Å².